The minimum atomic E-state index is -0.592. The van der Waals surface area contributed by atoms with E-state index < -0.39 is 6.10 Å². The van der Waals surface area contributed by atoms with Crippen LogP contribution in [0.5, 0.6) is 5.75 Å². The summed E-state index contributed by atoms with van der Waals surface area (Å²) in [5, 5.41) is 12.3. The van der Waals surface area contributed by atoms with Crippen LogP contribution < -0.4 is 10.1 Å². The van der Waals surface area contributed by atoms with E-state index in [9.17, 15) is 4.79 Å². The van der Waals surface area contributed by atoms with Crippen molar-refractivity contribution in [1.29, 1.82) is 0 Å². The average Bonchev–Trinajstić information content (AvgIpc) is 2.38. The Morgan fingerprint density at radius 2 is 2.16 bits per heavy atom. The lowest BCUT2D eigenvalue weighted by Crippen LogP contribution is -2.39. The molecule has 0 bridgehead atoms. The molecule has 0 heterocycles. The molecule has 0 radical (unpaired) electrons. The summed E-state index contributed by atoms with van der Waals surface area (Å²) in [5.74, 6) is 0.477. The molecular weight excluding hydrogens is 266 g/mol. The van der Waals surface area contributed by atoms with Gasteiger partial charge < -0.3 is 15.2 Å². The molecule has 2 unspecified atom stereocenters. The van der Waals surface area contributed by atoms with Crippen molar-refractivity contribution in [2.45, 2.75) is 26.9 Å². The number of aliphatic hydroxyl groups is 1. The zero-order valence-corrected chi connectivity index (χ0v) is 12.2. The molecule has 0 fully saturated rings. The molecule has 2 atom stereocenters. The number of hydrogen-bond donors (Lipinski definition) is 2. The maximum Gasteiger partial charge on any atom is 0.260 e. The lowest BCUT2D eigenvalue weighted by molar-refractivity contribution is -0.127. The number of ether oxygens (including phenoxy) is 1. The highest BCUT2D eigenvalue weighted by molar-refractivity contribution is 6.30. The highest BCUT2D eigenvalue weighted by Gasteiger charge is 2.16. The van der Waals surface area contributed by atoms with Crippen molar-refractivity contribution in [3.05, 3.63) is 28.8 Å². The van der Waals surface area contributed by atoms with E-state index in [1.54, 1.807) is 25.1 Å². The second-order valence-electron chi connectivity index (χ2n) is 4.70. The lowest BCUT2D eigenvalue weighted by atomic mass is 10.2. The molecule has 1 aromatic carbocycles. The first kappa shape index (κ1) is 15.8. The second kappa shape index (κ2) is 7.36. The number of carbonyl (C=O) groups excluding carboxylic acids is 1. The van der Waals surface area contributed by atoms with E-state index in [1.807, 2.05) is 13.8 Å². The Labute approximate surface area is 118 Å². The SMILES string of the molecule is Cc1cc(Cl)ccc1OC(C)C(=O)NCC(C)CO. The fraction of sp³-hybridized carbons (Fsp3) is 0.500. The second-order valence-corrected chi connectivity index (χ2v) is 5.14. The van der Waals surface area contributed by atoms with Gasteiger partial charge in [0.1, 0.15) is 5.75 Å². The third-order valence-corrected chi connectivity index (χ3v) is 2.98. The molecule has 5 heteroatoms. The summed E-state index contributed by atoms with van der Waals surface area (Å²) in [6, 6.07) is 5.26. The summed E-state index contributed by atoms with van der Waals surface area (Å²) in [7, 11) is 0. The normalized spacial score (nSPS) is 13.7. The van der Waals surface area contributed by atoms with E-state index in [4.69, 9.17) is 21.4 Å². The van der Waals surface area contributed by atoms with Gasteiger partial charge in [0.05, 0.1) is 0 Å². The van der Waals surface area contributed by atoms with E-state index >= 15 is 0 Å². The van der Waals surface area contributed by atoms with E-state index in [1.165, 1.54) is 0 Å². The molecule has 0 spiro atoms. The zero-order chi connectivity index (χ0) is 14.4. The number of rotatable bonds is 6. The van der Waals surface area contributed by atoms with Crippen LogP contribution in [0.1, 0.15) is 19.4 Å². The molecule has 4 nitrogen and oxygen atoms in total. The number of amides is 1. The van der Waals surface area contributed by atoms with Gasteiger partial charge in [-0.15, -0.1) is 0 Å². The van der Waals surface area contributed by atoms with Crippen LogP contribution in [0.2, 0.25) is 5.02 Å². The number of carbonyl (C=O) groups is 1. The molecule has 0 saturated heterocycles. The van der Waals surface area contributed by atoms with Crippen molar-refractivity contribution in [3.63, 3.8) is 0 Å². The van der Waals surface area contributed by atoms with E-state index in [0.29, 0.717) is 17.3 Å². The summed E-state index contributed by atoms with van der Waals surface area (Å²) in [5.41, 5.74) is 0.885. The zero-order valence-electron chi connectivity index (χ0n) is 11.4. The quantitative estimate of drug-likeness (QED) is 0.842. The smallest absolute Gasteiger partial charge is 0.260 e. The lowest BCUT2D eigenvalue weighted by Gasteiger charge is -2.17. The predicted octanol–water partition coefficient (Wildman–Crippen LogP) is 2.16. The van der Waals surface area contributed by atoms with Crippen LogP contribution in [-0.2, 0) is 4.79 Å². The molecule has 1 rings (SSSR count). The Bertz CT molecular complexity index is 437. The van der Waals surface area contributed by atoms with Crippen LogP contribution in [0.3, 0.4) is 0 Å². The molecular formula is C14H20ClNO3. The molecule has 0 aliphatic heterocycles. The van der Waals surface area contributed by atoms with Crippen LogP contribution in [0.4, 0.5) is 0 Å². The largest absolute Gasteiger partial charge is 0.481 e. The Kier molecular flexibility index (Phi) is 6.12. The van der Waals surface area contributed by atoms with Crippen molar-refractivity contribution in [2.75, 3.05) is 13.2 Å². The minimum absolute atomic E-state index is 0.0356. The molecule has 0 aromatic heterocycles. The first-order chi connectivity index (χ1) is 8.93. The van der Waals surface area contributed by atoms with Crippen LogP contribution in [0.15, 0.2) is 18.2 Å². The highest BCUT2D eigenvalue weighted by atomic mass is 35.5. The topological polar surface area (TPSA) is 58.6 Å². The number of benzene rings is 1. The van der Waals surface area contributed by atoms with Gasteiger partial charge in [-0.05, 0) is 43.5 Å². The number of hydrogen-bond acceptors (Lipinski definition) is 3. The van der Waals surface area contributed by atoms with Crippen molar-refractivity contribution >= 4 is 17.5 Å². The number of nitrogens with one attached hydrogen (secondary N) is 1. The number of halogens is 1. The third kappa shape index (κ3) is 5.09. The predicted molar refractivity (Wildman–Crippen MR) is 75.5 cm³/mol. The highest BCUT2D eigenvalue weighted by Crippen LogP contribution is 2.22. The van der Waals surface area contributed by atoms with E-state index in [-0.39, 0.29) is 18.4 Å². The summed E-state index contributed by atoms with van der Waals surface area (Å²) in [6.45, 7) is 5.90. The number of aliphatic hydroxyl groups excluding tert-OH is 1. The van der Waals surface area contributed by atoms with Gasteiger partial charge in [-0.3, -0.25) is 4.79 Å². The van der Waals surface area contributed by atoms with Gasteiger partial charge in [0.2, 0.25) is 0 Å². The van der Waals surface area contributed by atoms with E-state index in [2.05, 4.69) is 5.32 Å². The average molecular weight is 286 g/mol. The molecule has 0 aliphatic rings. The molecule has 0 saturated carbocycles. The fourth-order valence-electron chi connectivity index (χ4n) is 1.47. The maximum absolute atomic E-state index is 11.8. The molecule has 0 aliphatic carbocycles. The van der Waals surface area contributed by atoms with E-state index in [0.717, 1.165) is 5.56 Å². The monoisotopic (exact) mass is 285 g/mol. The fourth-order valence-corrected chi connectivity index (χ4v) is 1.70. The van der Waals surface area contributed by atoms with Crippen molar-refractivity contribution in [2.24, 2.45) is 5.92 Å². The summed E-state index contributed by atoms with van der Waals surface area (Å²) < 4.78 is 5.59. The van der Waals surface area contributed by atoms with Gasteiger partial charge in [0.25, 0.3) is 5.91 Å². The molecule has 1 amide bonds. The van der Waals surface area contributed by atoms with Crippen LogP contribution in [0, 0.1) is 12.8 Å². The first-order valence-electron chi connectivity index (χ1n) is 6.25. The molecule has 106 valence electrons. The standard InChI is InChI=1S/C14H20ClNO3/c1-9(8-17)7-16-14(18)11(3)19-13-5-4-12(15)6-10(13)2/h4-6,9,11,17H,7-8H2,1-3H3,(H,16,18). The van der Waals surface area contributed by atoms with Gasteiger partial charge in [-0.2, -0.15) is 0 Å². The Hall–Kier alpha value is -1.26. The van der Waals surface area contributed by atoms with Gasteiger partial charge in [0, 0.05) is 18.2 Å². The van der Waals surface area contributed by atoms with Gasteiger partial charge >= 0.3 is 0 Å². The van der Waals surface area contributed by atoms with Crippen molar-refractivity contribution in [3.8, 4) is 5.75 Å². The van der Waals surface area contributed by atoms with Crippen LogP contribution >= 0.6 is 11.6 Å². The Balaban J connectivity index is 2.54. The maximum atomic E-state index is 11.8. The number of aryl methyl sites for hydroxylation is 1. The van der Waals surface area contributed by atoms with Gasteiger partial charge in [-0.25, -0.2) is 0 Å². The summed E-state index contributed by atoms with van der Waals surface area (Å²) in [6.07, 6.45) is -0.592. The van der Waals surface area contributed by atoms with Crippen molar-refractivity contribution in [1.82, 2.24) is 5.32 Å². The summed E-state index contributed by atoms with van der Waals surface area (Å²) >= 11 is 5.86. The third-order valence-electron chi connectivity index (χ3n) is 2.75. The van der Waals surface area contributed by atoms with Gasteiger partial charge in [-0.1, -0.05) is 18.5 Å². The van der Waals surface area contributed by atoms with Crippen molar-refractivity contribution < 1.29 is 14.6 Å². The molecule has 2 N–H and O–H groups in total. The Morgan fingerprint density at radius 1 is 1.47 bits per heavy atom. The molecule has 1 aromatic rings. The van der Waals surface area contributed by atoms with Crippen LogP contribution in [0.25, 0.3) is 0 Å². The minimum Gasteiger partial charge on any atom is -0.481 e. The van der Waals surface area contributed by atoms with Crippen LogP contribution in [-0.4, -0.2) is 30.3 Å². The summed E-state index contributed by atoms with van der Waals surface area (Å²) in [4.78, 5) is 11.8. The van der Waals surface area contributed by atoms with Gasteiger partial charge in [0.15, 0.2) is 6.10 Å². The first-order valence-corrected chi connectivity index (χ1v) is 6.63. The Morgan fingerprint density at radius 3 is 2.74 bits per heavy atom. The molecule has 19 heavy (non-hydrogen) atoms.